The van der Waals surface area contributed by atoms with E-state index in [9.17, 15) is 5.26 Å². The van der Waals surface area contributed by atoms with E-state index in [1.165, 1.54) is 6.20 Å². The van der Waals surface area contributed by atoms with Crippen molar-refractivity contribution in [3.05, 3.63) is 48.4 Å². The van der Waals surface area contributed by atoms with E-state index in [1.807, 2.05) is 24.3 Å². The second-order valence-corrected chi connectivity index (χ2v) is 5.62. The number of nitriles is 1. The van der Waals surface area contributed by atoms with Gasteiger partial charge in [0.1, 0.15) is 11.6 Å². The minimum atomic E-state index is 0.439. The van der Waals surface area contributed by atoms with E-state index in [4.69, 9.17) is 9.47 Å². The Balaban J connectivity index is 1.90. The third-order valence-corrected chi connectivity index (χ3v) is 4.19. The van der Waals surface area contributed by atoms with Gasteiger partial charge in [0, 0.05) is 17.3 Å². The van der Waals surface area contributed by atoms with Gasteiger partial charge in [-0.25, -0.2) is 4.98 Å². The molecule has 7 nitrogen and oxygen atoms in total. The van der Waals surface area contributed by atoms with E-state index >= 15 is 0 Å². The first-order chi connectivity index (χ1) is 12.7. The number of methoxy groups -OCH3 is 2. The van der Waals surface area contributed by atoms with E-state index in [-0.39, 0.29) is 0 Å². The minimum Gasteiger partial charge on any atom is -0.493 e. The molecule has 0 spiro atoms. The predicted molar refractivity (Wildman–Crippen MR) is 98.9 cm³/mol. The van der Waals surface area contributed by atoms with Gasteiger partial charge in [-0.05, 0) is 30.3 Å². The third-order valence-electron chi connectivity index (χ3n) is 4.19. The van der Waals surface area contributed by atoms with Crippen molar-refractivity contribution in [3.8, 4) is 17.6 Å². The maximum absolute atomic E-state index is 9.52. The average Bonchev–Trinajstić information content (AvgIpc) is 3.15. The third kappa shape index (κ3) is 2.45. The number of pyridine rings is 1. The summed E-state index contributed by atoms with van der Waals surface area (Å²) in [7, 11) is 3.14. The molecule has 0 atom stereocenters. The van der Waals surface area contributed by atoms with Crippen LogP contribution in [-0.2, 0) is 0 Å². The first-order valence-electron chi connectivity index (χ1n) is 7.89. The van der Waals surface area contributed by atoms with Gasteiger partial charge in [-0.2, -0.15) is 5.26 Å². The second-order valence-electron chi connectivity index (χ2n) is 5.62. The highest BCUT2D eigenvalue weighted by atomic mass is 16.5. The lowest BCUT2D eigenvalue weighted by molar-refractivity contribution is 0.358. The molecule has 7 heteroatoms. The summed E-state index contributed by atoms with van der Waals surface area (Å²) in [6, 6.07) is 11.6. The van der Waals surface area contributed by atoms with Crippen LogP contribution in [0.15, 0.2) is 42.9 Å². The standard InChI is InChI=1S/C19H15N5O2/c1-25-16-6-4-13-17(11(8-20)9-21-18(13)19(16)26-2)24-12-3-5-14-15(7-12)23-10-22-14/h3-7,9-10H,1-2H3,(H,21,24)(H,22,23). The van der Waals surface area contributed by atoms with Crippen molar-refractivity contribution in [2.75, 3.05) is 19.5 Å². The lowest BCUT2D eigenvalue weighted by atomic mass is 10.1. The Bertz CT molecular complexity index is 1160. The van der Waals surface area contributed by atoms with Gasteiger partial charge in [-0.3, -0.25) is 4.98 Å². The summed E-state index contributed by atoms with van der Waals surface area (Å²) in [5.41, 5.74) is 4.34. The molecule has 2 heterocycles. The number of benzene rings is 2. The molecular weight excluding hydrogens is 330 g/mol. The van der Waals surface area contributed by atoms with E-state index in [1.54, 1.807) is 26.6 Å². The Kier molecular flexibility index (Phi) is 3.78. The normalized spacial score (nSPS) is 10.7. The number of imidazole rings is 1. The fourth-order valence-corrected chi connectivity index (χ4v) is 2.96. The topological polar surface area (TPSA) is 95.8 Å². The molecule has 0 aliphatic heterocycles. The van der Waals surface area contributed by atoms with Gasteiger partial charge in [0.15, 0.2) is 11.5 Å². The van der Waals surface area contributed by atoms with E-state index < -0.39 is 0 Å². The van der Waals surface area contributed by atoms with Crippen molar-refractivity contribution in [3.63, 3.8) is 0 Å². The molecule has 4 aromatic rings. The first-order valence-corrected chi connectivity index (χ1v) is 7.89. The van der Waals surface area contributed by atoms with Gasteiger partial charge in [-0.15, -0.1) is 0 Å². The Morgan fingerprint density at radius 3 is 2.77 bits per heavy atom. The smallest absolute Gasteiger partial charge is 0.187 e. The Morgan fingerprint density at radius 2 is 2.00 bits per heavy atom. The number of hydrogen-bond donors (Lipinski definition) is 2. The zero-order valence-corrected chi connectivity index (χ0v) is 14.2. The molecule has 26 heavy (non-hydrogen) atoms. The number of nitrogens with zero attached hydrogens (tertiary/aromatic N) is 3. The van der Waals surface area contributed by atoms with E-state index in [0.717, 1.165) is 22.1 Å². The molecule has 0 bridgehead atoms. The largest absolute Gasteiger partial charge is 0.493 e. The molecule has 2 N–H and O–H groups in total. The molecule has 0 fully saturated rings. The summed E-state index contributed by atoms with van der Waals surface area (Å²) >= 11 is 0. The lowest BCUT2D eigenvalue weighted by Crippen LogP contribution is -1.99. The summed E-state index contributed by atoms with van der Waals surface area (Å²) in [5, 5.41) is 13.6. The van der Waals surface area contributed by atoms with Gasteiger partial charge >= 0.3 is 0 Å². The van der Waals surface area contributed by atoms with Gasteiger partial charge in [-0.1, -0.05) is 0 Å². The van der Waals surface area contributed by atoms with Crippen LogP contribution < -0.4 is 14.8 Å². The van der Waals surface area contributed by atoms with Crippen LogP contribution in [0.5, 0.6) is 11.5 Å². The van der Waals surface area contributed by atoms with Crippen LogP contribution in [0.1, 0.15) is 5.56 Å². The van der Waals surface area contributed by atoms with Crippen molar-refractivity contribution in [2.24, 2.45) is 0 Å². The van der Waals surface area contributed by atoms with Crippen molar-refractivity contribution < 1.29 is 9.47 Å². The van der Waals surface area contributed by atoms with Gasteiger partial charge < -0.3 is 19.8 Å². The number of ether oxygens (including phenoxy) is 2. The fourth-order valence-electron chi connectivity index (χ4n) is 2.96. The molecular formula is C19H15N5O2. The molecule has 0 saturated heterocycles. The van der Waals surface area contributed by atoms with Crippen molar-refractivity contribution >= 4 is 33.3 Å². The van der Waals surface area contributed by atoms with Gasteiger partial charge in [0.25, 0.3) is 0 Å². The molecule has 0 saturated carbocycles. The highest BCUT2D eigenvalue weighted by Crippen LogP contribution is 2.39. The van der Waals surface area contributed by atoms with Crippen molar-refractivity contribution in [1.29, 1.82) is 5.26 Å². The monoisotopic (exact) mass is 345 g/mol. The molecule has 0 radical (unpaired) electrons. The Labute approximate surface area is 149 Å². The van der Waals surface area contributed by atoms with Crippen LogP contribution >= 0.6 is 0 Å². The number of anilines is 2. The number of aromatic nitrogens is 3. The van der Waals surface area contributed by atoms with Crippen molar-refractivity contribution in [2.45, 2.75) is 0 Å². The number of fused-ring (bicyclic) bond motifs is 2. The summed E-state index contributed by atoms with van der Waals surface area (Å²) in [6.45, 7) is 0. The zero-order valence-electron chi connectivity index (χ0n) is 14.2. The number of H-pyrrole nitrogens is 1. The molecule has 0 aliphatic rings. The lowest BCUT2D eigenvalue weighted by Gasteiger charge is -2.15. The summed E-state index contributed by atoms with van der Waals surface area (Å²) in [6.07, 6.45) is 3.18. The van der Waals surface area contributed by atoms with E-state index in [0.29, 0.717) is 28.3 Å². The maximum atomic E-state index is 9.52. The SMILES string of the molecule is COc1ccc2c(Nc3ccc4nc[nH]c4c3)c(C#N)cnc2c1OC. The van der Waals surface area contributed by atoms with Crippen LogP contribution in [0, 0.1) is 11.3 Å². The molecule has 2 aromatic heterocycles. The van der Waals surface area contributed by atoms with Crippen LogP contribution in [0.4, 0.5) is 11.4 Å². The van der Waals surface area contributed by atoms with Crippen LogP contribution in [0.25, 0.3) is 21.9 Å². The Morgan fingerprint density at radius 1 is 1.12 bits per heavy atom. The van der Waals surface area contributed by atoms with Gasteiger partial charge in [0.2, 0.25) is 0 Å². The van der Waals surface area contributed by atoms with Crippen molar-refractivity contribution in [1.82, 2.24) is 15.0 Å². The summed E-state index contributed by atoms with van der Waals surface area (Å²) in [5.74, 6) is 1.11. The molecule has 0 amide bonds. The fraction of sp³-hybridized carbons (Fsp3) is 0.105. The average molecular weight is 345 g/mol. The van der Waals surface area contributed by atoms with Crippen LogP contribution in [0.3, 0.4) is 0 Å². The minimum absolute atomic E-state index is 0.439. The quantitative estimate of drug-likeness (QED) is 0.585. The van der Waals surface area contributed by atoms with E-state index in [2.05, 4.69) is 26.3 Å². The second kappa shape index (κ2) is 6.26. The number of nitrogens with one attached hydrogen (secondary N) is 2. The molecule has 4 rings (SSSR count). The predicted octanol–water partition coefficient (Wildman–Crippen LogP) is 3.74. The molecule has 0 unspecified atom stereocenters. The number of aromatic amines is 1. The summed E-state index contributed by atoms with van der Waals surface area (Å²) < 4.78 is 10.8. The van der Waals surface area contributed by atoms with Crippen LogP contribution in [-0.4, -0.2) is 29.2 Å². The van der Waals surface area contributed by atoms with Crippen LogP contribution in [0.2, 0.25) is 0 Å². The number of hydrogen-bond acceptors (Lipinski definition) is 6. The zero-order chi connectivity index (χ0) is 18.1. The molecule has 2 aromatic carbocycles. The molecule has 0 aliphatic carbocycles. The summed E-state index contributed by atoms with van der Waals surface area (Å²) in [4.78, 5) is 11.7. The highest BCUT2D eigenvalue weighted by Gasteiger charge is 2.16. The maximum Gasteiger partial charge on any atom is 0.187 e. The Hall–Kier alpha value is -3.79. The molecule has 128 valence electrons. The number of rotatable bonds is 4. The highest BCUT2D eigenvalue weighted by molar-refractivity contribution is 6.00. The van der Waals surface area contributed by atoms with Gasteiger partial charge in [0.05, 0.1) is 42.8 Å². The first kappa shape index (κ1) is 15.7.